The lowest BCUT2D eigenvalue weighted by Crippen LogP contribution is -2.30. The number of hydrogen-bond donors (Lipinski definition) is 3. The minimum atomic E-state index is -0.384. The second-order valence-electron chi connectivity index (χ2n) is 3.34. The molecule has 1 rings (SSSR count). The lowest BCUT2D eigenvalue weighted by molar-refractivity contribution is 0.0496. The molecule has 66 valence electrons. The first kappa shape index (κ1) is 8.97. The summed E-state index contributed by atoms with van der Waals surface area (Å²) in [7, 11) is 0. The lowest BCUT2D eigenvalue weighted by atomic mass is 9.88. The van der Waals surface area contributed by atoms with Crippen molar-refractivity contribution in [2.75, 3.05) is 19.7 Å². The van der Waals surface area contributed by atoms with E-state index in [9.17, 15) is 5.11 Å². The molecule has 1 aliphatic rings. The van der Waals surface area contributed by atoms with Gasteiger partial charge in [-0.3, -0.25) is 0 Å². The standard InChI is InChI=1S/C8H17NO2/c1-6(11)8(5-10)7-2-3-9-4-7/h6-11H,2-5H2,1H3. The summed E-state index contributed by atoms with van der Waals surface area (Å²) in [5.74, 6) is 0.519. The maximum Gasteiger partial charge on any atom is 0.0565 e. The average Bonchev–Trinajstić information content (AvgIpc) is 2.40. The van der Waals surface area contributed by atoms with Gasteiger partial charge in [0.1, 0.15) is 0 Å². The summed E-state index contributed by atoms with van der Waals surface area (Å²) < 4.78 is 0. The van der Waals surface area contributed by atoms with Crippen LogP contribution in [0.4, 0.5) is 0 Å². The van der Waals surface area contributed by atoms with E-state index in [0.29, 0.717) is 5.92 Å². The molecule has 3 heteroatoms. The highest BCUT2D eigenvalue weighted by Crippen LogP contribution is 2.21. The van der Waals surface area contributed by atoms with E-state index >= 15 is 0 Å². The summed E-state index contributed by atoms with van der Waals surface area (Å²) in [4.78, 5) is 0. The van der Waals surface area contributed by atoms with Gasteiger partial charge in [-0.2, -0.15) is 0 Å². The average molecular weight is 159 g/mol. The largest absolute Gasteiger partial charge is 0.396 e. The molecule has 3 atom stereocenters. The van der Waals surface area contributed by atoms with Crippen LogP contribution in [0.25, 0.3) is 0 Å². The van der Waals surface area contributed by atoms with Crippen LogP contribution in [0.15, 0.2) is 0 Å². The maximum atomic E-state index is 9.28. The second-order valence-corrected chi connectivity index (χ2v) is 3.34. The summed E-state index contributed by atoms with van der Waals surface area (Å²) in [6.45, 7) is 3.81. The minimum Gasteiger partial charge on any atom is -0.396 e. The summed E-state index contributed by atoms with van der Waals surface area (Å²) >= 11 is 0. The van der Waals surface area contributed by atoms with Gasteiger partial charge in [0.25, 0.3) is 0 Å². The lowest BCUT2D eigenvalue weighted by Gasteiger charge is -2.22. The highest BCUT2D eigenvalue weighted by Gasteiger charge is 2.27. The third-order valence-electron chi connectivity index (χ3n) is 2.53. The van der Waals surface area contributed by atoms with Crippen molar-refractivity contribution in [3.8, 4) is 0 Å². The van der Waals surface area contributed by atoms with Crippen LogP contribution in [-0.4, -0.2) is 36.0 Å². The Balaban J connectivity index is 2.40. The first-order valence-electron chi connectivity index (χ1n) is 4.25. The number of nitrogens with one attached hydrogen (secondary N) is 1. The summed E-state index contributed by atoms with van der Waals surface area (Å²) in [6, 6.07) is 0. The zero-order valence-electron chi connectivity index (χ0n) is 6.95. The Morgan fingerprint density at radius 2 is 2.36 bits per heavy atom. The van der Waals surface area contributed by atoms with E-state index in [1.54, 1.807) is 6.92 Å². The molecule has 1 saturated heterocycles. The molecule has 3 N–H and O–H groups in total. The molecule has 1 heterocycles. The van der Waals surface area contributed by atoms with Gasteiger partial charge in [-0.25, -0.2) is 0 Å². The van der Waals surface area contributed by atoms with Gasteiger partial charge in [-0.1, -0.05) is 0 Å². The van der Waals surface area contributed by atoms with E-state index in [0.717, 1.165) is 19.5 Å². The quantitative estimate of drug-likeness (QED) is 0.524. The van der Waals surface area contributed by atoms with Crippen LogP contribution in [0.2, 0.25) is 0 Å². The monoisotopic (exact) mass is 159 g/mol. The van der Waals surface area contributed by atoms with Gasteiger partial charge >= 0.3 is 0 Å². The molecule has 0 aromatic rings. The Hall–Kier alpha value is -0.120. The predicted octanol–water partition coefficient (Wildman–Crippen LogP) is -0.415. The van der Waals surface area contributed by atoms with E-state index in [4.69, 9.17) is 5.11 Å². The Bertz CT molecular complexity index is 111. The highest BCUT2D eigenvalue weighted by atomic mass is 16.3. The first-order chi connectivity index (χ1) is 5.25. The molecule has 0 bridgehead atoms. The van der Waals surface area contributed by atoms with E-state index in [-0.39, 0.29) is 18.6 Å². The van der Waals surface area contributed by atoms with Crippen molar-refractivity contribution >= 4 is 0 Å². The van der Waals surface area contributed by atoms with E-state index in [1.807, 2.05) is 0 Å². The molecular formula is C8H17NO2. The number of aliphatic hydroxyl groups is 2. The Kier molecular flexibility index (Phi) is 3.30. The fraction of sp³-hybridized carbons (Fsp3) is 1.00. The van der Waals surface area contributed by atoms with Crippen LogP contribution in [0.1, 0.15) is 13.3 Å². The molecule has 1 fully saturated rings. The molecule has 0 saturated carbocycles. The molecule has 0 radical (unpaired) electrons. The minimum absolute atomic E-state index is 0.0602. The van der Waals surface area contributed by atoms with E-state index in [2.05, 4.69) is 5.32 Å². The van der Waals surface area contributed by atoms with Crippen LogP contribution in [0, 0.1) is 11.8 Å². The molecule has 3 nitrogen and oxygen atoms in total. The first-order valence-corrected chi connectivity index (χ1v) is 4.25. The fourth-order valence-electron chi connectivity index (χ4n) is 1.74. The summed E-state index contributed by atoms with van der Waals surface area (Å²) in [6.07, 6.45) is 0.695. The Morgan fingerprint density at radius 1 is 1.64 bits per heavy atom. The Labute approximate surface area is 67.4 Å². The van der Waals surface area contributed by atoms with Gasteiger partial charge in [0.15, 0.2) is 0 Å². The molecular weight excluding hydrogens is 142 g/mol. The molecule has 0 aromatic carbocycles. The van der Waals surface area contributed by atoms with Crippen molar-refractivity contribution in [2.24, 2.45) is 11.8 Å². The van der Waals surface area contributed by atoms with Gasteiger partial charge in [-0.05, 0) is 32.4 Å². The van der Waals surface area contributed by atoms with Crippen molar-refractivity contribution in [3.05, 3.63) is 0 Å². The van der Waals surface area contributed by atoms with Crippen LogP contribution >= 0.6 is 0 Å². The van der Waals surface area contributed by atoms with Crippen molar-refractivity contribution in [2.45, 2.75) is 19.4 Å². The zero-order valence-corrected chi connectivity index (χ0v) is 6.95. The van der Waals surface area contributed by atoms with Gasteiger partial charge in [0.05, 0.1) is 6.10 Å². The van der Waals surface area contributed by atoms with Crippen LogP contribution in [-0.2, 0) is 0 Å². The van der Waals surface area contributed by atoms with Crippen molar-refractivity contribution in [1.82, 2.24) is 5.32 Å². The number of aliphatic hydroxyl groups excluding tert-OH is 2. The van der Waals surface area contributed by atoms with Gasteiger partial charge < -0.3 is 15.5 Å². The van der Waals surface area contributed by atoms with E-state index in [1.165, 1.54) is 0 Å². The van der Waals surface area contributed by atoms with Crippen molar-refractivity contribution < 1.29 is 10.2 Å². The van der Waals surface area contributed by atoms with E-state index < -0.39 is 0 Å². The predicted molar refractivity (Wildman–Crippen MR) is 43.2 cm³/mol. The maximum absolute atomic E-state index is 9.28. The highest BCUT2D eigenvalue weighted by molar-refractivity contribution is 4.80. The molecule has 0 spiro atoms. The van der Waals surface area contributed by atoms with Gasteiger partial charge in [-0.15, -0.1) is 0 Å². The number of rotatable bonds is 3. The molecule has 0 amide bonds. The third kappa shape index (κ3) is 2.15. The van der Waals surface area contributed by atoms with Crippen LogP contribution in [0.3, 0.4) is 0 Å². The molecule has 0 aliphatic carbocycles. The molecule has 0 aromatic heterocycles. The van der Waals surface area contributed by atoms with Crippen molar-refractivity contribution in [1.29, 1.82) is 0 Å². The normalized spacial score (nSPS) is 30.3. The van der Waals surface area contributed by atoms with Gasteiger partial charge in [0, 0.05) is 12.5 Å². The van der Waals surface area contributed by atoms with Crippen molar-refractivity contribution in [3.63, 3.8) is 0 Å². The molecule has 11 heavy (non-hydrogen) atoms. The topological polar surface area (TPSA) is 52.5 Å². The smallest absolute Gasteiger partial charge is 0.0565 e. The SMILES string of the molecule is CC(O)C(CO)C1CCNC1. The second kappa shape index (κ2) is 4.04. The number of hydrogen-bond acceptors (Lipinski definition) is 3. The third-order valence-corrected chi connectivity index (χ3v) is 2.53. The zero-order chi connectivity index (χ0) is 8.27. The molecule has 1 aliphatic heterocycles. The van der Waals surface area contributed by atoms with Crippen LogP contribution in [0.5, 0.6) is 0 Å². The summed E-state index contributed by atoms with van der Waals surface area (Å²) in [5, 5.41) is 21.5. The van der Waals surface area contributed by atoms with Crippen LogP contribution < -0.4 is 5.32 Å². The molecule has 3 unspecified atom stereocenters. The Morgan fingerprint density at radius 3 is 2.73 bits per heavy atom. The summed E-state index contributed by atoms with van der Waals surface area (Å²) in [5.41, 5.74) is 0. The van der Waals surface area contributed by atoms with Gasteiger partial charge in [0.2, 0.25) is 0 Å². The fourth-order valence-corrected chi connectivity index (χ4v) is 1.74.